The van der Waals surface area contributed by atoms with Crippen molar-refractivity contribution in [3.8, 4) is 56.4 Å². The van der Waals surface area contributed by atoms with E-state index in [0.717, 1.165) is 50.2 Å². The first-order valence-electron chi connectivity index (χ1n) is 20.4. The summed E-state index contributed by atoms with van der Waals surface area (Å²) in [6, 6.07) is 77.9. The van der Waals surface area contributed by atoms with Crippen LogP contribution in [-0.4, -0.2) is 19.1 Å². The van der Waals surface area contributed by atoms with E-state index in [1.807, 2.05) is 12.1 Å². The minimum atomic E-state index is 0.699. The zero-order valence-corrected chi connectivity index (χ0v) is 32.6. The lowest BCUT2D eigenvalue weighted by molar-refractivity contribution is 1.18. The van der Waals surface area contributed by atoms with E-state index in [-0.39, 0.29) is 0 Å². The number of hydrogen-bond donors (Lipinski definition) is 0. The number of aromatic nitrogens is 4. The Balaban J connectivity index is 0.993. The maximum Gasteiger partial charge on any atom is 0.160 e. The molecular weight excluding hydrogens is 729 g/mol. The molecule has 0 aliphatic rings. The van der Waals surface area contributed by atoms with Gasteiger partial charge in [0.1, 0.15) is 0 Å². The summed E-state index contributed by atoms with van der Waals surface area (Å²) in [6.45, 7) is 0. The Kier molecular flexibility index (Phi) is 7.82. The van der Waals surface area contributed by atoms with Crippen molar-refractivity contribution in [3.63, 3.8) is 0 Å². The van der Waals surface area contributed by atoms with Gasteiger partial charge >= 0.3 is 0 Å². The Morgan fingerprint density at radius 2 is 0.833 bits per heavy atom. The van der Waals surface area contributed by atoms with Gasteiger partial charge in [-0.2, -0.15) is 0 Å². The van der Waals surface area contributed by atoms with Gasteiger partial charge in [-0.15, -0.1) is 0 Å². The largest absolute Gasteiger partial charge is 0.309 e. The standard InChI is InChI=1S/C56H36N4/c1-4-14-37(15-5-1)38-24-26-40(27-25-38)50-36-49(39-16-6-2-7-17-39)57-56(58-50)43-29-28-42-35-45(31-30-41(42)34-43)59-52-23-13-11-21-48(52)54-53(59)33-32-47-46-20-10-12-22-51(46)60(55(47)54)44-18-8-3-9-19-44/h1-36H. The summed E-state index contributed by atoms with van der Waals surface area (Å²) in [7, 11) is 0. The van der Waals surface area contributed by atoms with Gasteiger partial charge in [0.2, 0.25) is 0 Å². The molecule has 0 fully saturated rings. The predicted molar refractivity (Wildman–Crippen MR) is 250 cm³/mol. The molecule has 0 radical (unpaired) electrons. The SMILES string of the molecule is c1ccc(-c2ccc(-c3cc(-c4ccccc4)nc(-c4ccc5cc(-n6c7ccccc7c7c6ccc6c8ccccc8n(-c8ccccc8)c67)ccc5c4)n3)cc2)cc1. The van der Waals surface area contributed by atoms with Gasteiger partial charge in [-0.05, 0) is 76.5 Å². The Morgan fingerprint density at radius 3 is 1.57 bits per heavy atom. The average Bonchev–Trinajstić information content (AvgIpc) is 3.85. The summed E-state index contributed by atoms with van der Waals surface area (Å²) >= 11 is 0. The summed E-state index contributed by atoms with van der Waals surface area (Å²) in [5, 5.41) is 7.27. The van der Waals surface area contributed by atoms with E-state index in [2.05, 4.69) is 215 Å². The highest BCUT2D eigenvalue weighted by Crippen LogP contribution is 2.42. The zero-order chi connectivity index (χ0) is 39.6. The number of fused-ring (bicyclic) bond motifs is 8. The normalized spacial score (nSPS) is 11.7. The molecule has 3 aromatic heterocycles. The second-order valence-corrected chi connectivity index (χ2v) is 15.4. The lowest BCUT2D eigenvalue weighted by Crippen LogP contribution is -1.97. The fraction of sp³-hybridized carbons (Fsp3) is 0. The molecule has 0 aliphatic carbocycles. The topological polar surface area (TPSA) is 35.6 Å². The molecule has 4 nitrogen and oxygen atoms in total. The zero-order valence-electron chi connectivity index (χ0n) is 32.6. The van der Waals surface area contributed by atoms with Gasteiger partial charge < -0.3 is 9.13 Å². The highest BCUT2D eigenvalue weighted by Gasteiger charge is 2.21. The van der Waals surface area contributed by atoms with Crippen molar-refractivity contribution in [2.24, 2.45) is 0 Å². The van der Waals surface area contributed by atoms with Crippen LogP contribution >= 0.6 is 0 Å². The molecule has 3 heterocycles. The van der Waals surface area contributed by atoms with Gasteiger partial charge in [-0.3, -0.25) is 0 Å². The van der Waals surface area contributed by atoms with E-state index in [4.69, 9.17) is 9.97 Å². The molecule has 4 heteroatoms. The first kappa shape index (κ1) is 34.0. The fourth-order valence-electron chi connectivity index (χ4n) is 9.09. The fourth-order valence-corrected chi connectivity index (χ4v) is 9.09. The van der Waals surface area contributed by atoms with Crippen molar-refractivity contribution in [1.82, 2.24) is 19.1 Å². The Labute approximate surface area is 346 Å². The molecule has 280 valence electrons. The van der Waals surface area contributed by atoms with Crippen molar-refractivity contribution >= 4 is 54.4 Å². The molecule has 0 bridgehead atoms. The molecule has 12 aromatic rings. The third kappa shape index (κ3) is 5.53. The molecule has 0 saturated heterocycles. The molecule has 0 unspecified atom stereocenters. The quantitative estimate of drug-likeness (QED) is 0.169. The van der Waals surface area contributed by atoms with E-state index < -0.39 is 0 Å². The first-order valence-corrected chi connectivity index (χ1v) is 20.4. The minimum Gasteiger partial charge on any atom is -0.309 e. The van der Waals surface area contributed by atoms with Crippen molar-refractivity contribution < 1.29 is 0 Å². The number of benzene rings is 9. The van der Waals surface area contributed by atoms with Crippen molar-refractivity contribution in [2.45, 2.75) is 0 Å². The van der Waals surface area contributed by atoms with Crippen LogP contribution in [0.1, 0.15) is 0 Å². The molecule has 0 amide bonds. The lowest BCUT2D eigenvalue weighted by atomic mass is 10.0. The Morgan fingerprint density at radius 1 is 0.300 bits per heavy atom. The van der Waals surface area contributed by atoms with Crippen LogP contribution in [0.2, 0.25) is 0 Å². The van der Waals surface area contributed by atoms with E-state index in [1.54, 1.807) is 0 Å². The third-order valence-corrected chi connectivity index (χ3v) is 11.9. The average molecular weight is 765 g/mol. The molecule has 0 saturated carbocycles. The third-order valence-electron chi connectivity index (χ3n) is 11.9. The van der Waals surface area contributed by atoms with Crippen molar-refractivity contribution in [2.75, 3.05) is 0 Å². The van der Waals surface area contributed by atoms with E-state index in [9.17, 15) is 0 Å². The van der Waals surface area contributed by atoms with Crippen LogP contribution in [0.4, 0.5) is 0 Å². The maximum absolute atomic E-state index is 5.19. The summed E-state index contributed by atoms with van der Waals surface area (Å²) < 4.78 is 4.86. The van der Waals surface area contributed by atoms with E-state index >= 15 is 0 Å². The molecule has 12 rings (SSSR count). The van der Waals surface area contributed by atoms with Gasteiger partial charge in [0.15, 0.2) is 5.82 Å². The van der Waals surface area contributed by atoms with Crippen molar-refractivity contribution in [1.29, 1.82) is 0 Å². The van der Waals surface area contributed by atoms with E-state index in [0.29, 0.717) is 5.82 Å². The Hall–Kier alpha value is -8.08. The molecule has 0 N–H and O–H groups in total. The monoisotopic (exact) mass is 764 g/mol. The van der Waals surface area contributed by atoms with E-state index in [1.165, 1.54) is 54.7 Å². The maximum atomic E-state index is 5.19. The smallest absolute Gasteiger partial charge is 0.160 e. The van der Waals surface area contributed by atoms with Gasteiger partial charge in [-0.1, -0.05) is 164 Å². The second kappa shape index (κ2) is 13.8. The summed E-state index contributed by atoms with van der Waals surface area (Å²) in [4.78, 5) is 10.3. The van der Waals surface area contributed by atoms with Crippen LogP contribution in [0.3, 0.4) is 0 Å². The molecule has 0 spiro atoms. The number of nitrogens with zero attached hydrogens (tertiary/aromatic N) is 4. The van der Waals surface area contributed by atoms with Crippen molar-refractivity contribution in [3.05, 3.63) is 218 Å². The summed E-state index contributed by atoms with van der Waals surface area (Å²) in [5.41, 5.74) is 14.3. The number of para-hydroxylation sites is 3. The van der Waals surface area contributed by atoms with Gasteiger partial charge in [-0.25, -0.2) is 9.97 Å². The summed E-state index contributed by atoms with van der Waals surface area (Å²) in [5.74, 6) is 0.699. The Bertz CT molecular complexity index is 3570. The van der Waals surface area contributed by atoms with Crippen LogP contribution < -0.4 is 0 Å². The van der Waals surface area contributed by atoms with Gasteiger partial charge in [0.05, 0.1) is 33.5 Å². The molecule has 0 atom stereocenters. The van der Waals surface area contributed by atoms with Crippen LogP contribution in [-0.2, 0) is 0 Å². The predicted octanol–water partition coefficient (Wildman–Crippen LogP) is 14.5. The molecule has 60 heavy (non-hydrogen) atoms. The molecule has 0 aliphatic heterocycles. The van der Waals surface area contributed by atoms with Crippen LogP contribution in [0.25, 0.3) is 111 Å². The van der Waals surface area contributed by atoms with Crippen LogP contribution in [0, 0.1) is 0 Å². The highest BCUT2D eigenvalue weighted by atomic mass is 15.0. The number of hydrogen-bond acceptors (Lipinski definition) is 2. The lowest BCUT2D eigenvalue weighted by Gasteiger charge is -2.12. The molecule has 9 aromatic carbocycles. The second-order valence-electron chi connectivity index (χ2n) is 15.4. The molecular formula is C56H36N4. The van der Waals surface area contributed by atoms with Crippen LogP contribution in [0.5, 0.6) is 0 Å². The van der Waals surface area contributed by atoms with Crippen LogP contribution in [0.15, 0.2) is 218 Å². The van der Waals surface area contributed by atoms with Gasteiger partial charge in [0, 0.05) is 49.6 Å². The van der Waals surface area contributed by atoms with Gasteiger partial charge in [0.25, 0.3) is 0 Å². The first-order chi connectivity index (χ1) is 29.7. The highest BCUT2D eigenvalue weighted by molar-refractivity contribution is 6.26. The minimum absolute atomic E-state index is 0.699. The number of rotatable bonds is 6. The summed E-state index contributed by atoms with van der Waals surface area (Å²) in [6.07, 6.45) is 0.